The third kappa shape index (κ3) is 2.52. The Labute approximate surface area is 106 Å². The monoisotopic (exact) mass is 250 g/mol. The van der Waals surface area contributed by atoms with Gasteiger partial charge in [0.2, 0.25) is 5.82 Å². The summed E-state index contributed by atoms with van der Waals surface area (Å²) in [4.78, 5) is 16.5. The molecule has 0 spiro atoms. The number of hydrogen-bond acceptors (Lipinski definition) is 5. The number of nitrogen functional groups attached to an aromatic ring is 1. The zero-order valence-electron chi connectivity index (χ0n) is 10.5. The summed E-state index contributed by atoms with van der Waals surface area (Å²) in [6.07, 6.45) is 3.53. The predicted octanol–water partition coefficient (Wildman–Crippen LogP) is 2.20. The molecule has 1 fully saturated rings. The van der Waals surface area contributed by atoms with E-state index in [1.165, 1.54) is 12.5 Å². The molecule has 1 unspecified atom stereocenters. The molecular weight excluding hydrogens is 232 g/mol. The van der Waals surface area contributed by atoms with Gasteiger partial charge in [0, 0.05) is 19.2 Å². The van der Waals surface area contributed by atoms with Crippen molar-refractivity contribution in [3.05, 3.63) is 22.2 Å². The van der Waals surface area contributed by atoms with Crippen LogP contribution in [-0.2, 0) is 0 Å². The normalized spacial score (nSPS) is 19.8. The standard InChI is InChI=1S/C12H18N4O2/c1-2-9-4-3-7-15(8-9)11-6-5-10(16(17)18)12(13)14-11/h5-6,9H,2-4,7-8H2,1H3,(H2,13,14). The first kappa shape index (κ1) is 12.6. The van der Waals surface area contributed by atoms with E-state index in [-0.39, 0.29) is 11.5 Å². The van der Waals surface area contributed by atoms with Gasteiger partial charge in [-0.15, -0.1) is 0 Å². The second kappa shape index (κ2) is 5.20. The molecule has 0 bridgehead atoms. The van der Waals surface area contributed by atoms with Crippen LogP contribution in [0.4, 0.5) is 17.3 Å². The van der Waals surface area contributed by atoms with Crippen molar-refractivity contribution in [3.63, 3.8) is 0 Å². The van der Waals surface area contributed by atoms with E-state index in [1.54, 1.807) is 6.07 Å². The van der Waals surface area contributed by atoms with Crippen molar-refractivity contribution in [2.45, 2.75) is 26.2 Å². The Hall–Kier alpha value is -1.85. The zero-order chi connectivity index (χ0) is 13.1. The van der Waals surface area contributed by atoms with E-state index in [0.717, 1.165) is 31.7 Å². The fourth-order valence-electron chi connectivity index (χ4n) is 2.39. The average molecular weight is 250 g/mol. The Balaban J connectivity index is 2.18. The maximum atomic E-state index is 10.7. The van der Waals surface area contributed by atoms with Crippen molar-refractivity contribution in [1.29, 1.82) is 0 Å². The second-order valence-electron chi connectivity index (χ2n) is 4.69. The molecule has 0 aromatic carbocycles. The quantitative estimate of drug-likeness (QED) is 0.656. The van der Waals surface area contributed by atoms with Gasteiger partial charge < -0.3 is 10.6 Å². The highest BCUT2D eigenvalue weighted by atomic mass is 16.6. The lowest BCUT2D eigenvalue weighted by Crippen LogP contribution is -2.35. The van der Waals surface area contributed by atoms with Gasteiger partial charge in [0.25, 0.3) is 0 Å². The van der Waals surface area contributed by atoms with E-state index in [4.69, 9.17) is 5.73 Å². The van der Waals surface area contributed by atoms with Gasteiger partial charge in [-0.3, -0.25) is 10.1 Å². The van der Waals surface area contributed by atoms with E-state index in [1.807, 2.05) is 0 Å². The SMILES string of the molecule is CCC1CCCN(c2ccc([N+](=O)[O-])c(N)n2)C1. The molecule has 2 rings (SSSR count). The van der Waals surface area contributed by atoms with Crippen LogP contribution >= 0.6 is 0 Å². The summed E-state index contributed by atoms with van der Waals surface area (Å²) in [5.41, 5.74) is 5.49. The van der Waals surface area contributed by atoms with Crippen LogP contribution in [0.25, 0.3) is 0 Å². The molecule has 1 aliphatic heterocycles. The maximum absolute atomic E-state index is 10.7. The molecule has 1 aliphatic rings. The molecule has 1 atom stereocenters. The van der Waals surface area contributed by atoms with Crippen LogP contribution < -0.4 is 10.6 Å². The average Bonchev–Trinajstić information content (AvgIpc) is 2.38. The van der Waals surface area contributed by atoms with Crippen molar-refractivity contribution in [3.8, 4) is 0 Å². The summed E-state index contributed by atoms with van der Waals surface area (Å²) in [5.74, 6) is 1.42. The Kier molecular flexibility index (Phi) is 3.64. The van der Waals surface area contributed by atoms with E-state index >= 15 is 0 Å². The Bertz CT molecular complexity index is 450. The number of nitrogens with zero attached hydrogens (tertiary/aromatic N) is 3. The molecule has 6 heteroatoms. The van der Waals surface area contributed by atoms with Crippen molar-refractivity contribution >= 4 is 17.3 Å². The highest BCUT2D eigenvalue weighted by molar-refractivity contribution is 5.58. The minimum absolute atomic E-state index is 0.00359. The second-order valence-corrected chi connectivity index (χ2v) is 4.69. The molecule has 1 aromatic heterocycles. The van der Waals surface area contributed by atoms with Crippen LogP contribution in [0.1, 0.15) is 26.2 Å². The first-order valence-electron chi connectivity index (χ1n) is 6.27. The van der Waals surface area contributed by atoms with Crippen LogP contribution in [0.15, 0.2) is 12.1 Å². The van der Waals surface area contributed by atoms with E-state index in [2.05, 4.69) is 16.8 Å². The van der Waals surface area contributed by atoms with Gasteiger partial charge in [0.15, 0.2) is 0 Å². The summed E-state index contributed by atoms with van der Waals surface area (Å²) in [6.45, 7) is 4.09. The number of rotatable bonds is 3. The Morgan fingerprint density at radius 3 is 3.00 bits per heavy atom. The Morgan fingerprint density at radius 1 is 1.61 bits per heavy atom. The van der Waals surface area contributed by atoms with Crippen LogP contribution in [0.2, 0.25) is 0 Å². The van der Waals surface area contributed by atoms with Gasteiger partial charge in [0.1, 0.15) is 5.82 Å². The lowest BCUT2D eigenvalue weighted by atomic mass is 9.96. The lowest BCUT2D eigenvalue weighted by Gasteiger charge is -2.33. The van der Waals surface area contributed by atoms with Crippen LogP contribution in [0.5, 0.6) is 0 Å². The van der Waals surface area contributed by atoms with Gasteiger partial charge in [-0.05, 0) is 24.8 Å². The topological polar surface area (TPSA) is 85.3 Å². The van der Waals surface area contributed by atoms with E-state index < -0.39 is 4.92 Å². The van der Waals surface area contributed by atoms with E-state index in [9.17, 15) is 10.1 Å². The molecule has 2 N–H and O–H groups in total. The third-order valence-corrected chi connectivity index (χ3v) is 3.50. The van der Waals surface area contributed by atoms with Gasteiger partial charge >= 0.3 is 5.69 Å². The van der Waals surface area contributed by atoms with Gasteiger partial charge in [0.05, 0.1) is 4.92 Å². The van der Waals surface area contributed by atoms with Gasteiger partial charge in [-0.2, -0.15) is 0 Å². The smallest absolute Gasteiger partial charge is 0.311 e. The number of hydrogen-bond donors (Lipinski definition) is 1. The van der Waals surface area contributed by atoms with Crippen LogP contribution in [0.3, 0.4) is 0 Å². The van der Waals surface area contributed by atoms with E-state index in [0.29, 0.717) is 5.92 Å². The lowest BCUT2D eigenvalue weighted by molar-refractivity contribution is -0.384. The summed E-state index contributed by atoms with van der Waals surface area (Å²) < 4.78 is 0. The summed E-state index contributed by atoms with van der Waals surface area (Å²) in [7, 11) is 0. The fourth-order valence-corrected chi connectivity index (χ4v) is 2.39. The summed E-state index contributed by atoms with van der Waals surface area (Å²) >= 11 is 0. The molecule has 2 heterocycles. The highest BCUT2D eigenvalue weighted by Crippen LogP contribution is 2.27. The summed E-state index contributed by atoms with van der Waals surface area (Å²) in [6, 6.07) is 3.12. The molecule has 18 heavy (non-hydrogen) atoms. The minimum Gasteiger partial charge on any atom is -0.378 e. The third-order valence-electron chi connectivity index (χ3n) is 3.50. The molecule has 0 saturated carbocycles. The molecule has 6 nitrogen and oxygen atoms in total. The van der Waals surface area contributed by atoms with Crippen molar-refractivity contribution in [2.24, 2.45) is 5.92 Å². The van der Waals surface area contributed by atoms with Crippen LogP contribution in [-0.4, -0.2) is 23.0 Å². The van der Waals surface area contributed by atoms with Gasteiger partial charge in [-0.25, -0.2) is 4.98 Å². The predicted molar refractivity (Wildman–Crippen MR) is 70.5 cm³/mol. The first-order valence-corrected chi connectivity index (χ1v) is 6.27. The van der Waals surface area contributed by atoms with Crippen LogP contribution in [0, 0.1) is 16.0 Å². The number of piperidine rings is 1. The molecule has 0 aliphatic carbocycles. The molecular formula is C12H18N4O2. The first-order chi connectivity index (χ1) is 8.61. The molecule has 0 radical (unpaired) electrons. The molecule has 0 amide bonds. The number of aromatic nitrogens is 1. The molecule has 1 aromatic rings. The van der Waals surface area contributed by atoms with Gasteiger partial charge in [-0.1, -0.05) is 13.3 Å². The Morgan fingerprint density at radius 2 is 2.39 bits per heavy atom. The number of nitro groups is 1. The summed E-state index contributed by atoms with van der Waals surface area (Å²) in [5, 5.41) is 10.7. The van der Waals surface area contributed by atoms with Crippen molar-refractivity contribution in [1.82, 2.24) is 4.98 Å². The van der Waals surface area contributed by atoms with Crippen molar-refractivity contribution in [2.75, 3.05) is 23.7 Å². The number of pyridine rings is 1. The number of anilines is 2. The molecule has 98 valence electrons. The fraction of sp³-hybridized carbons (Fsp3) is 0.583. The minimum atomic E-state index is -0.503. The zero-order valence-corrected chi connectivity index (χ0v) is 10.5. The largest absolute Gasteiger partial charge is 0.378 e. The van der Waals surface area contributed by atoms with Crippen molar-refractivity contribution < 1.29 is 4.92 Å². The number of nitrogens with two attached hydrogens (primary N) is 1. The highest BCUT2D eigenvalue weighted by Gasteiger charge is 2.21. The maximum Gasteiger partial charge on any atom is 0.311 e. The molecule has 1 saturated heterocycles.